The van der Waals surface area contributed by atoms with E-state index in [1.54, 1.807) is 37.9 Å². The number of hydrogen-bond donors (Lipinski definition) is 1. The monoisotopic (exact) mass is 423 g/mol. The SMILES string of the molecule is COc1ccc(OC)c(C2SC(C)C(=O)N2CCCN(C)C(=O)NC(C)(C)C)c1. The van der Waals surface area contributed by atoms with E-state index in [0.717, 1.165) is 17.1 Å². The van der Waals surface area contributed by atoms with Crippen molar-refractivity contribution < 1.29 is 19.1 Å². The third-order valence-electron chi connectivity index (χ3n) is 4.67. The molecule has 0 saturated carbocycles. The van der Waals surface area contributed by atoms with Crippen LogP contribution in [0.1, 0.15) is 45.1 Å². The molecule has 8 heteroatoms. The maximum absolute atomic E-state index is 12.8. The maximum atomic E-state index is 12.8. The quantitative estimate of drug-likeness (QED) is 0.727. The molecular formula is C21H33N3O4S. The topological polar surface area (TPSA) is 71.1 Å². The van der Waals surface area contributed by atoms with Crippen molar-refractivity contribution in [1.82, 2.24) is 15.1 Å². The van der Waals surface area contributed by atoms with Crippen molar-refractivity contribution >= 4 is 23.7 Å². The molecule has 2 atom stereocenters. The highest BCUT2D eigenvalue weighted by atomic mass is 32.2. The van der Waals surface area contributed by atoms with Gasteiger partial charge in [-0.15, -0.1) is 11.8 Å². The lowest BCUT2D eigenvalue weighted by Crippen LogP contribution is -2.47. The third kappa shape index (κ3) is 5.95. The Morgan fingerprint density at radius 2 is 1.97 bits per heavy atom. The van der Waals surface area contributed by atoms with Crippen molar-refractivity contribution in [2.75, 3.05) is 34.4 Å². The Bertz CT molecular complexity index is 735. The van der Waals surface area contributed by atoms with Crippen molar-refractivity contribution in [2.45, 2.75) is 50.3 Å². The number of amides is 3. The number of thioether (sulfide) groups is 1. The zero-order valence-corrected chi connectivity index (χ0v) is 19.3. The Morgan fingerprint density at radius 1 is 1.28 bits per heavy atom. The van der Waals surface area contributed by atoms with Crippen LogP contribution < -0.4 is 14.8 Å². The van der Waals surface area contributed by atoms with E-state index in [4.69, 9.17) is 9.47 Å². The van der Waals surface area contributed by atoms with Crippen LogP contribution in [-0.2, 0) is 4.79 Å². The van der Waals surface area contributed by atoms with Gasteiger partial charge in [0.05, 0.1) is 19.5 Å². The fourth-order valence-electron chi connectivity index (χ4n) is 3.17. The predicted octanol–water partition coefficient (Wildman–Crippen LogP) is 3.50. The summed E-state index contributed by atoms with van der Waals surface area (Å²) in [6.45, 7) is 8.90. The van der Waals surface area contributed by atoms with Gasteiger partial charge in [0.2, 0.25) is 5.91 Å². The largest absolute Gasteiger partial charge is 0.497 e. The van der Waals surface area contributed by atoms with E-state index >= 15 is 0 Å². The van der Waals surface area contributed by atoms with Gasteiger partial charge >= 0.3 is 6.03 Å². The standard InChI is InChI=1S/C21H33N3O4S/c1-14-18(25)24(12-8-11-23(5)20(26)22-21(2,3)4)19(29-14)16-13-15(27-6)9-10-17(16)28-7/h9-10,13-14,19H,8,11-12H2,1-7H3,(H,22,26). The molecule has 1 saturated heterocycles. The second-order valence-corrected chi connectivity index (χ2v) is 9.65. The van der Waals surface area contributed by atoms with Crippen LogP contribution >= 0.6 is 11.8 Å². The van der Waals surface area contributed by atoms with Gasteiger partial charge in [0.1, 0.15) is 16.9 Å². The number of carbonyl (C=O) groups is 2. The first-order valence-corrected chi connectivity index (χ1v) is 10.7. The van der Waals surface area contributed by atoms with Crippen LogP contribution in [0.25, 0.3) is 0 Å². The zero-order chi connectivity index (χ0) is 21.8. The first kappa shape index (κ1) is 23.2. The van der Waals surface area contributed by atoms with E-state index in [-0.39, 0.29) is 28.1 Å². The van der Waals surface area contributed by atoms with E-state index in [0.29, 0.717) is 19.5 Å². The highest BCUT2D eigenvalue weighted by Gasteiger charge is 2.39. The fraction of sp³-hybridized carbons (Fsp3) is 0.619. The average molecular weight is 424 g/mol. The van der Waals surface area contributed by atoms with Crippen molar-refractivity contribution in [3.63, 3.8) is 0 Å². The molecule has 29 heavy (non-hydrogen) atoms. The van der Waals surface area contributed by atoms with Crippen LogP contribution in [0.2, 0.25) is 0 Å². The molecule has 0 bridgehead atoms. The molecule has 1 aromatic carbocycles. The number of carbonyl (C=O) groups excluding carboxylic acids is 2. The molecular weight excluding hydrogens is 390 g/mol. The van der Waals surface area contributed by atoms with Gasteiger partial charge in [-0.2, -0.15) is 0 Å². The van der Waals surface area contributed by atoms with Crippen LogP contribution in [0.3, 0.4) is 0 Å². The lowest BCUT2D eigenvalue weighted by Gasteiger charge is -2.28. The van der Waals surface area contributed by atoms with Crippen molar-refractivity contribution in [2.24, 2.45) is 0 Å². The van der Waals surface area contributed by atoms with E-state index in [2.05, 4.69) is 5.32 Å². The van der Waals surface area contributed by atoms with Crippen LogP contribution in [0, 0.1) is 0 Å². The Balaban J connectivity index is 2.08. The van der Waals surface area contributed by atoms with Gasteiger partial charge in [-0.05, 0) is 52.3 Å². The number of hydrogen-bond acceptors (Lipinski definition) is 5. The summed E-state index contributed by atoms with van der Waals surface area (Å²) >= 11 is 1.60. The molecule has 7 nitrogen and oxygen atoms in total. The summed E-state index contributed by atoms with van der Waals surface area (Å²) in [7, 11) is 5.02. The second-order valence-electron chi connectivity index (χ2n) is 8.23. The molecule has 0 aliphatic carbocycles. The fourth-order valence-corrected chi connectivity index (χ4v) is 4.50. The van der Waals surface area contributed by atoms with Gasteiger partial charge < -0.3 is 24.6 Å². The summed E-state index contributed by atoms with van der Waals surface area (Å²) in [6, 6.07) is 5.53. The van der Waals surface area contributed by atoms with Gasteiger partial charge in [0.15, 0.2) is 0 Å². The minimum Gasteiger partial charge on any atom is -0.497 e. The summed E-state index contributed by atoms with van der Waals surface area (Å²) in [5.41, 5.74) is 0.643. The van der Waals surface area contributed by atoms with Gasteiger partial charge in [0, 0.05) is 31.2 Å². The summed E-state index contributed by atoms with van der Waals surface area (Å²) in [5.74, 6) is 1.57. The van der Waals surface area contributed by atoms with Crippen molar-refractivity contribution in [3.8, 4) is 11.5 Å². The van der Waals surface area contributed by atoms with Crippen LogP contribution in [-0.4, -0.2) is 66.9 Å². The minimum absolute atomic E-state index is 0.103. The minimum atomic E-state index is -0.281. The molecule has 1 aromatic rings. The van der Waals surface area contributed by atoms with Crippen molar-refractivity contribution in [1.29, 1.82) is 0 Å². The predicted molar refractivity (Wildman–Crippen MR) is 117 cm³/mol. The molecule has 0 radical (unpaired) electrons. The number of nitrogens with zero attached hydrogens (tertiary/aromatic N) is 2. The van der Waals surface area contributed by atoms with Gasteiger partial charge in [0.25, 0.3) is 0 Å². The smallest absolute Gasteiger partial charge is 0.317 e. The van der Waals surface area contributed by atoms with E-state index in [1.165, 1.54) is 0 Å². The van der Waals surface area contributed by atoms with Gasteiger partial charge in [-0.25, -0.2) is 4.79 Å². The first-order chi connectivity index (χ1) is 13.6. The van der Waals surface area contributed by atoms with E-state index < -0.39 is 0 Å². The molecule has 1 N–H and O–H groups in total. The number of nitrogens with one attached hydrogen (secondary N) is 1. The molecule has 162 valence electrons. The van der Waals surface area contributed by atoms with Crippen LogP contribution in [0.4, 0.5) is 4.79 Å². The molecule has 3 amide bonds. The highest BCUT2D eigenvalue weighted by molar-refractivity contribution is 8.01. The second kappa shape index (κ2) is 9.61. The molecule has 1 heterocycles. The highest BCUT2D eigenvalue weighted by Crippen LogP contribution is 2.46. The van der Waals surface area contributed by atoms with E-state index in [9.17, 15) is 9.59 Å². The lowest BCUT2D eigenvalue weighted by atomic mass is 10.1. The summed E-state index contributed by atoms with van der Waals surface area (Å²) in [5, 5.41) is 2.68. The van der Waals surface area contributed by atoms with Crippen LogP contribution in [0.15, 0.2) is 18.2 Å². The number of methoxy groups -OCH3 is 2. The molecule has 0 aromatic heterocycles. The number of urea groups is 1. The zero-order valence-electron chi connectivity index (χ0n) is 18.4. The number of benzene rings is 1. The molecule has 1 aliphatic heterocycles. The molecule has 2 unspecified atom stereocenters. The maximum Gasteiger partial charge on any atom is 0.317 e. The molecule has 1 aliphatic rings. The molecule has 1 fully saturated rings. The summed E-state index contributed by atoms with van der Waals surface area (Å²) < 4.78 is 10.9. The molecule has 2 rings (SSSR count). The van der Waals surface area contributed by atoms with Gasteiger partial charge in [-0.1, -0.05) is 0 Å². The lowest BCUT2D eigenvalue weighted by molar-refractivity contribution is -0.129. The first-order valence-electron chi connectivity index (χ1n) is 9.78. The Hall–Kier alpha value is -2.09. The summed E-state index contributed by atoms with van der Waals surface area (Å²) in [6.07, 6.45) is 0.690. The average Bonchev–Trinajstić information content (AvgIpc) is 2.94. The number of rotatable bonds is 7. The normalized spacial score (nSPS) is 19.3. The van der Waals surface area contributed by atoms with Crippen molar-refractivity contribution in [3.05, 3.63) is 23.8 Å². The van der Waals surface area contributed by atoms with Gasteiger partial charge in [-0.3, -0.25) is 4.79 Å². The molecule has 0 spiro atoms. The van der Waals surface area contributed by atoms with Crippen LogP contribution in [0.5, 0.6) is 11.5 Å². The number of ether oxygens (including phenoxy) is 2. The Kier molecular flexibility index (Phi) is 7.68. The Morgan fingerprint density at radius 3 is 2.55 bits per heavy atom. The van der Waals surface area contributed by atoms with E-state index in [1.807, 2.05) is 50.8 Å². The summed E-state index contributed by atoms with van der Waals surface area (Å²) in [4.78, 5) is 28.6. The third-order valence-corrected chi connectivity index (χ3v) is 6.05. The Labute approximate surface area is 178 Å².